The van der Waals surface area contributed by atoms with Crippen LogP contribution in [0, 0.1) is 6.92 Å². The average molecular weight is 385 g/mol. The predicted molar refractivity (Wildman–Crippen MR) is 110 cm³/mol. The summed E-state index contributed by atoms with van der Waals surface area (Å²) in [4.78, 5) is 24.7. The number of hydrogen-bond acceptors (Lipinski definition) is 5. The highest BCUT2D eigenvalue weighted by Gasteiger charge is 2.08. The zero-order valence-corrected chi connectivity index (χ0v) is 15.8. The largest absolute Gasteiger partial charge is 0.484 e. The van der Waals surface area contributed by atoms with Crippen molar-refractivity contribution in [2.75, 3.05) is 11.9 Å². The van der Waals surface area contributed by atoms with Gasteiger partial charge in [0, 0.05) is 18.5 Å². The fraction of sp³-hybridized carbons (Fsp3) is 0.0909. The van der Waals surface area contributed by atoms with Gasteiger partial charge in [0.1, 0.15) is 29.5 Å². The first kappa shape index (κ1) is 18.4. The third-order valence-corrected chi connectivity index (χ3v) is 4.32. The highest BCUT2D eigenvalue weighted by molar-refractivity contribution is 5.91. The van der Waals surface area contributed by atoms with E-state index < -0.39 is 0 Å². The van der Waals surface area contributed by atoms with Crippen LogP contribution in [0.5, 0.6) is 5.75 Å². The molecule has 1 N–H and O–H groups in total. The van der Waals surface area contributed by atoms with E-state index in [1.54, 1.807) is 18.5 Å². The van der Waals surface area contributed by atoms with Crippen molar-refractivity contribution in [2.24, 2.45) is 0 Å². The van der Waals surface area contributed by atoms with Crippen LogP contribution in [0.15, 0.2) is 79.4 Å². The number of aromatic nitrogens is 4. The molecule has 29 heavy (non-hydrogen) atoms. The number of nitrogens with zero attached hydrogens (tertiary/aromatic N) is 4. The van der Waals surface area contributed by atoms with Crippen LogP contribution in [-0.4, -0.2) is 32.0 Å². The second kappa shape index (κ2) is 8.35. The van der Waals surface area contributed by atoms with Gasteiger partial charge in [-0.1, -0.05) is 42.5 Å². The molecule has 144 valence electrons. The van der Waals surface area contributed by atoms with Crippen molar-refractivity contribution in [3.05, 3.63) is 85.2 Å². The molecule has 0 unspecified atom stereocenters. The summed E-state index contributed by atoms with van der Waals surface area (Å²) in [5, 5.41) is 2.72. The lowest BCUT2D eigenvalue weighted by atomic mass is 10.1. The minimum absolute atomic E-state index is 0.117. The number of rotatable bonds is 6. The summed E-state index contributed by atoms with van der Waals surface area (Å²) in [5.41, 5.74) is 2.22. The maximum absolute atomic E-state index is 12.2. The second-order valence-electron chi connectivity index (χ2n) is 6.33. The predicted octanol–water partition coefficient (Wildman–Crippen LogP) is 3.66. The number of carbonyl (C=O) groups is 1. The molecule has 0 aliphatic heterocycles. The Kier molecular flexibility index (Phi) is 5.29. The third kappa shape index (κ3) is 4.47. The van der Waals surface area contributed by atoms with Crippen LogP contribution in [0.2, 0.25) is 0 Å². The zero-order chi connectivity index (χ0) is 20.1. The van der Waals surface area contributed by atoms with Crippen molar-refractivity contribution in [1.29, 1.82) is 0 Å². The second-order valence-corrected chi connectivity index (χ2v) is 6.33. The van der Waals surface area contributed by atoms with Crippen LogP contribution >= 0.6 is 0 Å². The Morgan fingerprint density at radius 1 is 1.00 bits per heavy atom. The lowest BCUT2D eigenvalue weighted by Crippen LogP contribution is -2.21. The van der Waals surface area contributed by atoms with E-state index >= 15 is 0 Å². The first-order chi connectivity index (χ1) is 14.2. The van der Waals surface area contributed by atoms with Crippen molar-refractivity contribution in [2.45, 2.75) is 6.92 Å². The Morgan fingerprint density at radius 2 is 1.76 bits per heavy atom. The fourth-order valence-electron chi connectivity index (χ4n) is 2.87. The van der Waals surface area contributed by atoms with Crippen LogP contribution < -0.4 is 10.1 Å². The van der Waals surface area contributed by atoms with Gasteiger partial charge in [0.2, 0.25) is 0 Å². The Balaban J connectivity index is 1.35. The molecule has 2 heterocycles. The van der Waals surface area contributed by atoms with Gasteiger partial charge in [0.25, 0.3) is 5.91 Å². The summed E-state index contributed by atoms with van der Waals surface area (Å²) >= 11 is 0. The minimum atomic E-state index is -0.302. The van der Waals surface area contributed by atoms with Gasteiger partial charge in [-0.25, -0.2) is 15.0 Å². The molecule has 0 fully saturated rings. The molecule has 0 saturated heterocycles. The topological polar surface area (TPSA) is 81.9 Å². The van der Waals surface area contributed by atoms with E-state index in [1.165, 1.54) is 6.33 Å². The van der Waals surface area contributed by atoms with Gasteiger partial charge in [0.05, 0.1) is 0 Å². The quantitative estimate of drug-likeness (QED) is 0.548. The van der Waals surface area contributed by atoms with E-state index in [1.807, 2.05) is 66.1 Å². The maximum atomic E-state index is 12.2. The molecule has 0 saturated carbocycles. The average Bonchev–Trinajstić information content (AvgIpc) is 3.19. The molecule has 0 bridgehead atoms. The van der Waals surface area contributed by atoms with Crippen molar-refractivity contribution in [1.82, 2.24) is 19.5 Å². The zero-order valence-electron chi connectivity index (χ0n) is 15.8. The summed E-state index contributed by atoms with van der Waals surface area (Å²) in [6.07, 6.45) is 4.88. The molecule has 4 aromatic rings. The molecular weight excluding hydrogens is 366 g/mol. The number of anilines is 1. The van der Waals surface area contributed by atoms with Gasteiger partial charge >= 0.3 is 0 Å². The molecule has 1 amide bonds. The van der Waals surface area contributed by atoms with Crippen molar-refractivity contribution in [3.8, 4) is 22.7 Å². The molecule has 7 nitrogen and oxygen atoms in total. The van der Waals surface area contributed by atoms with Crippen LogP contribution in [0.1, 0.15) is 5.82 Å². The van der Waals surface area contributed by atoms with Crippen LogP contribution in [-0.2, 0) is 4.79 Å². The molecule has 0 aliphatic rings. The number of benzene rings is 2. The van der Waals surface area contributed by atoms with Gasteiger partial charge < -0.3 is 10.1 Å². The number of ether oxygens (including phenoxy) is 1. The monoisotopic (exact) mass is 385 g/mol. The number of hydrogen-bond donors (Lipinski definition) is 1. The van der Waals surface area contributed by atoms with Gasteiger partial charge in [-0.15, -0.1) is 0 Å². The molecule has 2 aromatic carbocycles. The lowest BCUT2D eigenvalue weighted by molar-refractivity contribution is -0.118. The van der Waals surface area contributed by atoms with Gasteiger partial charge in [0.15, 0.2) is 6.61 Å². The third-order valence-electron chi connectivity index (χ3n) is 4.32. The first-order valence-corrected chi connectivity index (χ1v) is 9.09. The van der Waals surface area contributed by atoms with Crippen LogP contribution in [0.25, 0.3) is 16.9 Å². The summed E-state index contributed by atoms with van der Waals surface area (Å²) in [6, 6.07) is 19.4. The van der Waals surface area contributed by atoms with E-state index in [9.17, 15) is 4.79 Å². The molecular formula is C22H19N5O2. The molecule has 2 aromatic heterocycles. The van der Waals surface area contributed by atoms with Crippen molar-refractivity contribution in [3.63, 3.8) is 0 Å². The minimum Gasteiger partial charge on any atom is -0.484 e. The summed E-state index contributed by atoms with van der Waals surface area (Å²) < 4.78 is 7.39. The molecule has 0 aliphatic carbocycles. The number of nitrogens with one attached hydrogen (secondary N) is 1. The number of aryl methyl sites for hydroxylation is 1. The van der Waals surface area contributed by atoms with Gasteiger partial charge in [-0.2, -0.15) is 0 Å². The fourth-order valence-corrected chi connectivity index (χ4v) is 2.87. The Morgan fingerprint density at radius 3 is 2.48 bits per heavy atom. The summed E-state index contributed by atoms with van der Waals surface area (Å²) in [6.45, 7) is 1.76. The van der Waals surface area contributed by atoms with E-state index in [0.29, 0.717) is 17.4 Å². The number of carbonyl (C=O) groups excluding carboxylic acids is 1. The van der Waals surface area contributed by atoms with Gasteiger partial charge in [-0.05, 0) is 30.2 Å². The standard InChI is InChI=1S/C22H19N5O2/c1-16-23-11-12-27(16)21-13-20(24-15-25-21)26-22(28)14-29-19-9-7-18(8-10-19)17-5-3-2-4-6-17/h2-13,15H,14H2,1H3,(H,24,25,26,28). The first-order valence-electron chi connectivity index (χ1n) is 9.09. The van der Waals surface area contributed by atoms with Crippen LogP contribution in [0.3, 0.4) is 0 Å². The Hall–Kier alpha value is -4.00. The number of imidazole rings is 1. The van der Waals surface area contributed by atoms with E-state index in [4.69, 9.17) is 4.74 Å². The molecule has 4 rings (SSSR count). The molecule has 7 heteroatoms. The van der Waals surface area contributed by atoms with Crippen molar-refractivity contribution < 1.29 is 9.53 Å². The van der Waals surface area contributed by atoms with Crippen molar-refractivity contribution >= 4 is 11.7 Å². The molecule has 0 radical (unpaired) electrons. The van der Waals surface area contributed by atoms with E-state index in [-0.39, 0.29) is 12.5 Å². The highest BCUT2D eigenvalue weighted by atomic mass is 16.5. The Labute approximate surface area is 168 Å². The summed E-state index contributed by atoms with van der Waals surface area (Å²) in [7, 11) is 0. The summed E-state index contributed by atoms with van der Waals surface area (Å²) in [5.74, 6) is 2.14. The Bertz CT molecular complexity index is 1110. The lowest BCUT2D eigenvalue weighted by Gasteiger charge is -2.09. The SMILES string of the molecule is Cc1nccn1-c1cc(NC(=O)COc2ccc(-c3ccccc3)cc2)ncn1. The molecule has 0 spiro atoms. The molecule has 0 atom stereocenters. The number of amides is 1. The van der Waals surface area contributed by atoms with Gasteiger partial charge in [-0.3, -0.25) is 9.36 Å². The normalized spacial score (nSPS) is 10.5. The maximum Gasteiger partial charge on any atom is 0.263 e. The van der Waals surface area contributed by atoms with E-state index in [2.05, 4.69) is 20.3 Å². The van der Waals surface area contributed by atoms with Crippen LogP contribution in [0.4, 0.5) is 5.82 Å². The van der Waals surface area contributed by atoms with E-state index in [0.717, 1.165) is 17.0 Å². The highest BCUT2D eigenvalue weighted by Crippen LogP contribution is 2.22. The smallest absolute Gasteiger partial charge is 0.263 e.